The largest absolute Gasteiger partial charge is 0.326 e. The summed E-state index contributed by atoms with van der Waals surface area (Å²) in [5, 5.41) is 4.30. The van der Waals surface area contributed by atoms with Gasteiger partial charge in [-0.2, -0.15) is 0 Å². The number of hydrogen-bond donors (Lipinski definition) is 2. The highest BCUT2D eigenvalue weighted by molar-refractivity contribution is 9.10. The SMILES string of the molecule is CC(=O)Nc1ccc(NS(=O)(=O)c2sccc2Br)cc1. The summed E-state index contributed by atoms with van der Waals surface area (Å²) in [6, 6.07) is 8.11. The molecular formula is C12H11BrN2O3S2. The van der Waals surface area contributed by atoms with Crippen LogP contribution < -0.4 is 10.0 Å². The van der Waals surface area contributed by atoms with Gasteiger partial charge in [-0.3, -0.25) is 9.52 Å². The maximum Gasteiger partial charge on any atom is 0.272 e. The number of benzene rings is 1. The van der Waals surface area contributed by atoms with Crippen LogP contribution in [-0.4, -0.2) is 14.3 Å². The molecule has 0 atom stereocenters. The van der Waals surface area contributed by atoms with Crippen LogP contribution in [0.25, 0.3) is 0 Å². The molecular weight excluding hydrogens is 364 g/mol. The summed E-state index contributed by atoms with van der Waals surface area (Å²) in [4.78, 5) is 10.9. The van der Waals surface area contributed by atoms with Crippen LogP contribution in [0.3, 0.4) is 0 Å². The fraction of sp³-hybridized carbons (Fsp3) is 0.0833. The molecule has 0 aliphatic heterocycles. The Balaban J connectivity index is 2.18. The molecule has 5 nitrogen and oxygen atoms in total. The van der Waals surface area contributed by atoms with Crippen molar-refractivity contribution in [3.63, 3.8) is 0 Å². The van der Waals surface area contributed by atoms with E-state index >= 15 is 0 Å². The average molecular weight is 375 g/mol. The number of halogens is 1. The van der Waals surface area contributed by atoms with Gasteiger partial charge in [0.2, 0.25) is 5.91 Å². The van der Waals surface area contributed by atoms with Crippen LogP contribution in [0.2, 0.25) is 0 Å². The lowest BCUT2D eigenvalue weighted by molar-refractivity contribution is -0.114. The van der Waals surface area contributed by atoms with E-state index in [2.05, 4.69) is 26.0 Å². The van der Waals surface area contributed by atoms with Crippen LogP contribution in [0, 0.1) is 0 Å². The Morgan fingerprint density at radius 2 is 1.75 bits per heavy atom. The summed E-state index contributed by atoms with van der Waals surface area (Å²) in [5.74, 6) is -0.180. The molecule has 0 saturated heterocycles. The highest BCUT2D eigenvalue weighted by Crippen LogP contribution is 2.29. The summed E-state index contributed by atoms with van der Waals surface area (Å²) in [7, 11) is -3.60. The first-order valence-electron chi connectivity index (χ1n) is 5.52. The number of thiophene rings is 1. The number of anilines is 2. The molecule has 20 heavy (non-hydrogen) atoms. The van der Waals surface area contributed by atoms with E-state index in [1.54, 1.807) is 35.7 Å². The summed E-state index contributed by atoms with van der Waals surface area (Å²) in [5.41, 5.74) is 1.04. The molecule has 0 saturated carbocycles. The van der Waals surface area contributed by atoms with Crippen molar-refractivity contribution in [1.29, 1.82) is 0 Å². The summed E-state index contributed by atoms with van der Waals surface area (Å²) >= 11 is 4.33. The second-order valence-corrected chi connectivity index (χ2v) is 7.57. The van der Waals surface area contributed by atoms with Gasteiger partial charge in [0.15, 0.2) is 4.21 Å². The van der Waals surface area contributed by atoms with Crippen molar-refractivity contribution in [2.75, 3.05) is 10.0 Å². The van der Waals surface area contributed by atoms with Crippen molar-refractivity contribution in [2.45, 2.75) is 11.1 Å². The monoisotopic (exact) mass is 374 g/mol. The van der Waals surface area contributed by atoms with E-state index in [1.165, 1.54) is 6.92 Å². The van der Waals surface area contributed by atoms with Crippen LogP contribution in [-0.2, 0) is 14.8 Å². The molecule has 0 bridgehead atoms. The van der Waals surface area contributed by atoms with Gasteiger partial charge in [0.05, 0.1) is 0 Å². The van der Waals surface area contributed by atoms with E-state index in [0.717, 1.165) is 11.3 Å². The molecule has 1 aromatic carbocycles. The Hall–Kier alpha value is -1.38. The molecule has 1 amide bonds. The molecule has 0 unspecified atom stereocenters. The molecule has 2 aromatic rings. The van der Waals surface area contributed by atoms with Gasteiger partial charge >= 0.3 is 0 Å². The predicted molar refractivity (Wildman–Crippen MR) is 83.6 cm³/mol. The van der Waals surface area contributed by atoms with Gasteiger partial charge in [0.25, 0.3) is 10.0 Å². The third-order valence-corrected chi connectivity index (χ3v) is 6.34. The topological polar surface area (TPSA) is 75.3 Å². The Morgan fingerprint density at radius 3 is 2.25 bits per heavy atom. The van der Waals surface area contributed by atoms with E-state index in [0.29, 0.717) is 15.8 Å². The number of nitrogens with one attached hydrogen (secondary N) is 2. The molecule has 8 heteroatoms. The molecule has 0 fully saturated rings. The summed E-state index contributed by atoms with van der Waals surface area (Å²) in [6.07, 6.45) is 0. The fourth-order valence-corrected chi connectivity index (χ4v) is 4.90. The van der Waals surface area contributed by atoms with Crippen molar-refractivity contribution in [3.05, 3.63) is 40.2 Å². The van der Waals surface area contributed by atoms with Crippen molar-refractivity contribution in [1.82, 2.24) is 0 Å². The molecule has 106 valence electrons. The predicted octanol–water partition coefficient (Wildman–Crippen LogP) is 3.27. The van der Waals surface area contributed by atoms with Crippen molar-refractivity contribution < 1.29 is 13.2 Å². The van der Waals surface area contributed by atoms with E-state index in [1.807, 2.05) is 0 Å². The zero-order valence-electron chi connectivity index (χ0n) is 10.4. The van der Waals surface area contributed by atoms with Crippen molar-refractivity contribution in [2.24, 2.45) is 0 Å². The lowest BCUT2D eigenvalue weighted by atomic mass is 10.3. The van der Waals surface area contributed by atoms with Gasteiger partial charge in [0, 0.05) is 22.8 Å². The number of sulfonamides is 1. The second kappa shape index (κ2) is 5.94. The Kier molecular flexibility index (Phi) is 4.46. The first-order valence-corrected chi connectivity index (χ1v) is 8.67. The van der Waals surface area contributed by atoms with Crippen LogP contribution in [0.1, 0.15) is 6.92 Å². The normalized spacial score (nSPS) is 11.1. The maximum atomic E-state index is 12.1. The number of rotatable bonds is 4. The quantitative estimate of drug-likeness (QED) is 0.861. The minimum atomic E-state index is -3.60. The summed E-state index contributed by atoms with van der Waals surface area (Å²) in [6.45, 7) is 1.41. The molecule has 0 radical (unpaired) electrons. The number of carbonyl (C=O) groups is 1. The summed E-state index contributed by atoms with van der Waals surface area (Å²) < 4.78 is 27.5. The lowest BCUT2D eigenvalue weighted by Gasteiger charge is -2.08. The van der Waals surface area contributed by atoms with Crippen LogP contribution in [0.5, 0.6) is 0 Å². The van der Waals surface area contributed by atoms with E-state index in [4.69, 9.17) is 0 Å². The van der Waals surface area contributed by atoms with Crippen molar-refractivity contribution in [3.8, 4) is 0 Å². The number of amides is 1. The highest BCUT2D eigenvalue weighted by atomic mass is 79.9. The minimum Gasteiger partial charge on any atom is -0.326 e. The molecule has 0 aliphatic carbocycles. The standard InChI is InChI=1S/C12H11BrN2O3S2/c1-8(16)14-9-2-4-10(5-3-9)15-20(17,18)12-11(13)6-7-19-12/h2-7,15H,1H3,(H,14,16). The second-order valence-electron chi connectivity index (χ2n) is 3.92. The van der Waals surface area contributed by atoms with Gasteiger partial charge in [0.1, 0.15) is 0 Å². The van der Waals surface area contributed by atoms with E-state index in [-0.39, 0.29) is 10.1 Å². The first kappa shape index (κ1) is 15.0. The Labute approximate surface area is 129 Å². The smallest absolute Gasteiger partial charge is 0.272 e. The molecule has 2 rings (SSSR count). The van der Waals surface area contributed by atoms with Gasteiger partial charge in [-0.05, 0) is 51.6 Å². The molecule has 1 heterocycles. The lowest BCUT2D eigenvalue weighted by Crippen LogP contribution is -2.12. The maximum absolute atomic E-state index is 12.1. The van der Waals surface area contributed by atoms with E-state index in [9.17, 15) is 13.2 Å². The van der Waals surface area contributed by atoms with Crippen LogP contribution in [0.15, 0.2) is 44.4 Å². The van der Waals surface area contributed by atoms with Gasteiger partial charge < -0.3 is 5.32 Å². The number of hydrogen-bond acceptors (Lipinski definition) is 4. The highest BCUT2D eigenvalue weighted by Gasteiger charge is 2.19. The first-order chi connectivity index (χ1) is 9.38. The van der Waals surface area contributed by atoms with Gasteiger partial charge in [-0.15, -0.1) is 11.3 Å². The van der Waals surface area contributed by atoms with Gasteiger partial charge in [-0.25, -0.2) is 8.42 Å². The van der Waals surface area contributed by atoms with E-state index < -0.39 is 10.0 Å². The zero-order chi connectivity index (χ0) is 14.8. The van der Waals surface area contributed by atoms with Crippen LogP contribution >= 0.6 is 27.3 Å². The minimum absolute atomic E-state index is 0.180. The molecule has 2 N–H and O–H groups in total. The van der Waals surface area contributed by atoms with Crippen molar-refractivity contribution >= 4 is 54.6 Å². The Morgan fingerprint density at radius 1 is 1.15 bits per heavy atom. The third kappa shape index (κ3) is 3.59. The van der Waals surface area contributed by atoms with Crippen LogP contribution in [0.4, 0.5) is 11.4 Å². The fourth-order valence-electron chi connectivity index (χ4n) is 1.50. The Bertz CT molecular complexity index is 723. The molecule has 0 aliphatic rings. The molecule has 1 aromatic heterocycles. The van der Waals surface area contributed by atoms with Gasteiger partial charge in [-0.1, -0.05) is 0 Å². The third-order valence-electron chi connectivity index (χ3n) is 2.29. The average Bonchev–Trinajstić information content (AvgIpc) is 2.78. The zero-order valence-corrected chi connectivity index (χ0v) is 13.6. The molecule has 0 spiro atoms. The number of carbonyl (C=O) groups excluding carboxylic acids is 1.